The highest BCUT2D eigenvalue weighted by Gasteiger charge is 2.17. The van der Waals surface area contributed by atoms with Crippen LogP contribution in [0.3, 0.4) is 0 Å². The first-order chi connectivity index (χ1) is 9.16. The molecule has 1 saturated heterocycles. The minimum atomic E-state index is 0.286. The number of carbonyl (C=O) groups excluding carboxylic acids is 1. The molecule has 1 aromatic carbocycles. The Hall–Kier alpha value is -0.870. The van der Waals surface area contributed by atoms with Crippen LogP contribution in [-0.4, -0.2) is 29.0 Å². The molecule has 1 fully saturated rings. The summed E-state index contributed by atoms with van der Waals surface area (Å²) in [5.41, 5.74) is 7.46. The van der Waals surface area contributed by atoms with Crippen LogP contribution >= 0.6 is 23.4 Å². The van der Waals surface area contributed by atoms with Gasteiger partial charge >= 0.3 is 0 Å². The summed E-state index contributed by atoms with van der Waals surface area (Å²) >= 11 is 7.94. The number of thioether (sulfide) groups is 1. The monoisotopic (exact) mass is 298 g/mol. The molecule has 1 aliphatic rings. The Morgan fingerprint density at radius 2 is 2.26 bits per heavy atom. The van der Waals surface area contributed by atoms with E-state index in [1.54, 1.807) is 6.07 Å². The SMILES string of the molecule is Nc1ccc(CCCCC(=O)N2CCSC2)c(Cl)c1. The number of nitrogens with zero attached hydrogens (tertiary/aromatic N) is 1. The fraction of sp³-hybridized carbons (Fsp3) is 0.500. The highest BCUT2D eigenvalue weighted by molar-refractivity contribution is 7.99. The van der Waals surface area contributed by atoms with Crippen LogP contribution in [0.15, 0.2) is 18.2 Å². The molecule has 104 valence electrons. The van der Waals surface area contributed by atoms with Crippen molar-refractivity contribution in [2.24, 2.45) is 0 Å². The largest absolute Gasteiger partial charge is 0.399 e. The Morgan fingerprint density at radius 1 is 1.42 bits per heavy atom. The predicted octanol–water partition coefficient (Wildman–Crippen LogP) is 3.17. The molecule has 0 aliphatic carbocycles. The third kappa shape index (κ3) is 4.32. The van der Waals surface area contributed by atoms with Crippen molar-refractivity contribution >= 4 is 35.0 Å². The number of halogens is 1. The van der Waals surface area contributed by atoms with Crippen molar-refractivity contribution in [2.75, 3.05) is 23.9 Å². The number of amides is 1. The fourth-order valence-electron chi connectivity index (χ4n) is 2.13. The molecule has 2 N–H and O–H groups in total. The Labute approximate surface area is 123 Å². The van der Waals surface area contributed by atoms with Gasteiger partial charge in [-0.05, 0) is 37.0 Å². The number of rotatable bonds is 5. The molecule has 19 heavy (non-hydrogen) atoms. The molecule has 1 heterocycles. The van der Waals surface area contributed by atoms with Gasteiger partial charge in [0.2, 0.25) is 5.91 Å². The molecule has 1 aromatic rings. The van der Waals surface area contributed by atoms with Crippen LogP contribution in [0.25, 0.3) is 0 Å². The van der Waals surface area contributed by atoms with Crippen LogP contribution in [0.4, 0.5) is 5.69 Å². The maximum absolute atomic E-state index is 11.8. The zero-order valence-corrected chi connectivity index (χ0v) is 12.5. The highest BCUT2D eigenvalue weighted by Crippen LogP contribution is 2.21. The number of hydrogen-bond donors (Lipinski definition) is 1. The summed E-state index contributed by atoms with van der Waals surface area (Å²) in [5.74, 6) is 2.23. The zero-order chi connectivity index (χ0) is 13.7. The predicted molar refractivity (Wildman–Crippen MR) is 82.5 cm³/mol. The van der Waals surface area contributed by atoms with E-state index >= 15 is 0 Å². The molecule has 0 unspecified atom stereocenters. The number of hydrogen-bond acceptors (Lipinski definition) is 3. The summed E-state index contributed by atoms with van der Waals surface area (Å²) < 4.78 is 0. The summed E-state index contributed by atoms with van der Waals surface area (Å²) in [6.07, 6.45) is 3.45. The number of anilines is 1. The van der Waals surface area contributed by atoms with Gasteiger partial charge in [-0.3, -0.25) is 4.79 Å². The van der Waals surface area contributed by atoms with E-state index < -0.39 is 0 Å². The molecule has 3 nitrogen and oxygen atoms in total. The maximum Gasteiger partial charge on any atom is 0.223 e. The average molecular weight is 299 g/mol. The van der Waals surface area contributed by atoms with Crippen LogP contribution in [0.5, 0.6) is 0 Å². The molecule has 0 atom stereocenters. The number of unbranched alkanes of at least 4 members (excludes halogenated alkanes) is 1. The van der Waals surface area contributed by atoms with E-state index in [1.807, 2.05) is 28.8 Å². The van der Waals surface area contributed by atoms with E-state index in [0.717, 1.165) is 48.0 Å². The van der Waals surface area contributed by atoms with Gasteiger partial charge in [-0.15, -0.1) is 11.8 Å². The molecule has 2 rings (SSSR count). The topological polar surface area (TPSA) is 46.3 Å². The molecular formula is C14H19ClN2OS. The van der Waals surface area contributed by atoms with Crippen molar-refractivity contribution in [3.05, 3.63) is 28.8 Å². The number of nitrogen functional groups attached to an aromatic ring is 1. The second kappa shape index (κ2) is 7.06. The van der Waals surface area contributed by atoms with Crippen LogP contribution in [-0.2, 0) is 11.2 Å². The van der Waals surface area contributed by atoms with Crippen LogP contribution < -0.4 is 5.73 Å². The number of benzene rings is 1. The van der Waals surface area contributed by atoms with Crippen molar-refractivity contribution in [1.82, 2.24) is 4.90 Å². The van der Waals surface area contributed by atoms with Gasteiger partial charge in [0.1, 0.15) is 0 Å². The summed E-state index contributed by atoms with van der Waals surface area (Å²) in [7, 11) is 0. The lowest BCUT2D eigenvalue weighted by molar-refractivity contribution is -0.129. The van der Waals surface area contributed by atoms with E-state index in [0.29, 0.717) is 12.1 Å². The normalized spacial score (nSPS) is 14.9. The quantitative estimate of drug-likeness (QED) is 0.671. The van der Waals surface area contributed by atoms with E-state index in [-0.39, 0.29) is 5.91 Å². The van der Waals surface area contributed by atoms with Gasteiger partial charge < -0.3 is 10.6 Å². The van der Waals surface area contributed by atoms with E-state index in [9.17, 15) is 4.79 Å². The Kier molecular flexibility index (Phi) is 5.40. The minimum Gasteiger partial charge on any atom is -0.399 e. The second-order valence-electron chi connectivity index (χ2n) is 4.75. The molecule has 0 aromatic heterocycles. The van der Waals surface area contributed by atoms with Crippen LogP contribution in [0.1, 0.15) is 24.8 Å². The van der Waals surface area contributed by atoms with E-state index in [1.165, 1.54) is 0 Å². The van der Waals surface area contributed by atoms with E-state index in [2.05, 4.69) is 0 Å². The van der Waals surface area contributed by atoms with Crippen molar-refractivity contribution < 1.29 is 4.79 Å². The maximum atomic E-state index is 11.8. The summed E-state index contributed by atoms with van der Waals surface area (Å²) in [6, 6.07) is 5.62. The lowest BCUT2D eigenvalue weighted by Crippen LogP contribution is -2.27. The van der Waals surface area contributed by atoms with Gasteiger partial charge in [-0.25, -0.2) is 0 Å². The van der Waals surface area contributed by atoms with Crippen molar-refractivity contribution in [3.8, 4) is 0 Å². The molecule has 0 bridgehead atoms. The lowest BCUT2D eigenvalue weighted by atomic mass is 10.1. The highest BCUT2D eigenvalue weighted by atomic mass is 35.5. The lowest BCUT2D eigenvalue weighted by Gasteiger charge is -2.14. The third-order valence-electron chi connectivity index (χ3n) is 3.27. The Balaban J connectivity index is 1.70. The molecule has 1 amide bonds. The van der Waals surface area contributed by atoms with Crippen LogP contribution in [0.2, 0.25) is 5.02 Å². The second-order valence-corrected chi connectivity index (χ2v) is 6.23. The molecule has 0 saturated carbocycles. The molecule has 5 heteroatoms. The summed E-state index contributed by atoms with van der Waals surface area (Å²) in [4.78, 5) is 13.8. The smallest absolute Gasteiger partial charge is 0.223 e. The third-order valence-corrected chi connectivity index (χ3v) is 4.59. The van der Waals surface area contributed by atoms with Gasteiger partial charge in [0.05, 0.1) is 5.88 Å². The van der Waals surface area contributed by atoms with Crippen molar-refractivity contribution in [1.29, 1.82) is 0 Å². The fourth-order valence-corrected chi connectivity index (χ4v) is 3.38. The van der Waals surface area contributed by atoms with Gasteiger partial charge in [0.25, 0.3) is 0 Å². The standard InChI is InChI=1S/C14H19ClN2OS/c15-13-9-12(16)6-5-11(13)3-1-2-4-14(18)17-7-8-19-10-17/h5-6,9H,1-4,7-8,10,16H2. The van der Waals surface area contributed by atoms with Crippen LogP contribution in [0, 0.1) is 0 Å². The summed E-state index contributed by atoms with van der Waals surface area (Å²) in [6.45, 7) is 0.910. The molecular weight excluding hydrogens is 280 g/mol. The number of aryl methyl sites for hydroxylation is 1. The average Bonchev–Trinajstić information content (AvgIpc) is 2.90. The first kappa shape index (κ1) is 14.5. The van der Waals surface area contributed by atoms with Gasteiger partial charge in [-0.2, -0.15) is 0 Å². The Morgan fingerprint density at radius 3 is 2.95 bits per heavy atom. The van der Waals surface area contributed by atoms with Crippen molar-refractivity contribution in [2.45, 2.75) is 25.7 Å². The number of nitrogens with two attached hydrogens (primary N) is 1. The number of carbonyl (C=O) groups is 1. The van der Waals surface area contributed by atoms with E-state index in [4.69, 9.17) is 17.3 Å². The van der Waals surface area contributed by atoms with Gasteiger partial charge in [0.15, 0.2) is 0 Å². The minimum absolute atomic E-state index is 0.286. The zero-order valence-electron chi connectivity index (χ0n) is 10.9. The molecule has 1 aliphatic heterocycles. The summed E-state index contributed by atoms with van der Waals surface area (Å²) in [5, 5.41) is 0.724. The van der Waals surface area contributed by atoms with Gasteiger partial charge in [-0.1, -0.05) is 17.7 Å². The first-order valence-electron chi connectivity index (χ1n) is 6.56. The Bertz CT molecular complexity index is 447. The van der Waals surface area contributed by atoms with Gasteiger partial charge in [0, 0.05) is 29.4 Å². The first-order valence-corrected chi connectivity index (χ1v) is 8.09. The van der Waals surface area contributed by atoms with Crippen molar-refractivity contribution in [3.63, 3.8) is 0 Å². The molecule has 0 spiro atoms. The molecule has 0 radical (unpaired) electrons.